The van der Waals surface area contributed by atoms with E-state index in [1.807, 2.05) is 0 Å². The standard InChI is InChI=1S/C76H51N3/c1-5-17-52(18-6-1)56-29-37-60(38-30-56)71-48-66(49-72(77-71)61-39-31-57(32-40-61)53-19-7-2-8-20-53)64-45-65(47-68(46-64)79-75-27-15-13-25-69(75)70-26-14-16-28-76(70)79)67-50-73(62-41-33-58(34-42-62)54-21-9-3-10-22-54)78-74(51-67)63-43-35-59(36-44-63)55-23-11-4-12-24-55/h1-51H. The van der Waals surface area contributed by atoms with Crippen LogP contribution >= 0.6 is 0 Å². The number of hydrogen-bond donors (Lipinski definition) is 0. The van der Waals surface area contributed by atoms with Gasteiger partial charge in [-0.2, -0.15) is 0 Å². The van der Waals surface area contributed by atoms with Gasteiger partial charge in [-0.1, -0.05) is 255 Å². The molecule has 0 aliphatic carbocycles. The largest absolute Gasteiger partial charge is 0.309 e. The van der Waals surface area contributed by atoms with Gasteiger partial charge in [0.15, 0.2) is 0 Å². The first-order chi connectivity index (χ1) is 39.1. The Morgan fingerprint density at radius 3 is 0.696 bits per heavy atom. The predicted molar refractivity (Wildman–Crippen MR) is 331 cm³/mol. The third kappa shape index (κ3) is 9.41. The van der Waals surface area contributed by atoms with E-state index in [2.05, 4.69) is 314 Å². The summed E-state index contributed by atoms with van der Waals surface area (Å²) in [6.07, 6.45) is 0. The van der Waals surface area contributed by atoms with Gasteiger partial charge in [0.25, 0.3) is 0 Å². The van der Waals surface area contributed by atoms with Gasteiger partial charge in [0, 0.05) is 38.7 Å². The first-order valence-corrected chi connectivity index (χ1v) is 26.9. The van der Waals surface area contributed by atoms with Crippen LogP contribution in [-0.2, 0) is 0 Å². The number of pyridine rings is 2. The molecule has 3 aromatic heterocycles. The summed E-state index contributed by atoms with van der Waals surface area (Å²) in [7, 11) is 0. The van der Waals surface area contributed by atoms with Crippen LogP contribution in [0.4, 0.5) is 0 Å². The summed E-state index contributed by atoms with van der Waals surface area (Å²) in [5.41, 5.74) is 24.8. The topological polar surface area (TPSA) is 30.7 Å². The van der Waals surface area contributed by atoms with Crippen LogP contribution < -0.4 is 0 Å². The zero-order valence-corrected chi connectivity index (χ0v) is 43.3. The fraction of sp³-hybridized carbons (Fsp3) is 0. The zero-order chi connectivity index (χ0) is 52.5. The highest BCUT2D eigenvalue weighted by atomic mass is 15.0. The molecule has 0 radical (unpaired) electrons. The number of para-hydroxylation sites is 2. The summed E-state index contributed by atoms with van der Waals surface area (Å²) in [5.74, 6) is 0. The molecule has 0 saturated carbocycles. The van der Waals surface area contributed by atoms with E-state index in [9.17, 15) is 0 Å². The molecule has 11 aromatic carbocycles. The molecule has 0 fully saturated rings. The normalized spacial score (nSPS) is 11.3. The highest BCUT2D eigenvalue weighted by Gasteiger charge is 2.18. The summed E-state index contributed by atoms with van der Waals surface area (Å²) in [6, 6.07) is 111. The molecule has 0 N–H and O–H groups in total. The molecule has 370 valence electrons. The molecule has 3 heterocycles. The van der Waals surface area contributed by atoms with E-state index >= 15 is 0 Å². The van der Waals surface area contributed by atoms with Crippen molar-refractivity contribution in [1.29, 1.82) is 0 Å². The number of fused-ring (bicyclic) bond motifs is 3. The molecule has 3 nitrogen and oxygen atoms in total. The summed E-state index contributed by atoms with van der Waals surface area (Å²) in [4.78, 5) is 10.9. The predicted octanol–water partition coefficient (Wildman–Crippen LogP) is 20.2. The van der Waals surface area contributed by atoms with Gasteiger partial charge >= 0.3 is 0 Å². The van der Waals surface area contributed by atoms with Crippen LogP contribution in [0.15, 0.2) is 309 Å². The molecule has 0 aliphatic heterocycles. The van der Waals surface area contributed by atoms with E-state index in [1.165, 1.54) is 33.0 Å². The Labute approximate surface area is 460 Å². The van der Waals surface area contributed by atoms with E-state index in [0.29, 0.717) is 0 Å². The lowest BCUT2D eigenvalue weighted by Crippen LogP contribution is -1.98. The van der Waals surface area contributed by atoms with Crippen LogP contribution in [0, 0.1) is 0 Å². The van der Waals surface area contributed by atoms with Gasteiger partial charge in [0.2, 0.25) is 0 Å². The maximum absolute atomic E-state index is 5.47. The van der Waals surface area contributed by atoms with Crippen molar-refractivity contribution in [2.24, 2.45) is 0 Å². The van der Waals surface area contributed by atoms with E-state index in [-0.39, 0.29) is 0 Å². The Bertz CT molecular complexity index is 3970. The molecular weight excluding hydrogens is 955 g/mol. The molecule has 79 heavy (non-hydrogen) atoms. The van der Waals surface area contributed by atoms with Crippen molar-refractivity contribution in [2.75, 3.05) is 0 Å². The zero-order valence-electron chi connectivity index (χ0n) is 43.3. The molecule has 0 bridgehead atoms. The number of nitrogens with zero attached hydrogens (tertiary/aromatic N) is 3. The Kier molecular flexibility index (Phi) is 12.2. The maximum Gasteiger partial charge on any atom is 0.0715 e. The van der Waals surface area contributed by atoms with Crippen LogP contribution in [0.1, 0.15) is 0 Å². The molecule has 0 unspecified atom stereocenters. The number of aromatic nitrogens is 3. The average Bonchev–Trinajstić information content (AvgIpc) is 3.94. The van der Waals surface area contributed by atoms with Gasteiger partial charge in [-0.05, 0) is 121 Å². The molecule has 0 amide bonds. The fourth-order valence-corrected chi connectivity index (χ4v) is 11.1. The second-order valence-electron chi connectivity index (χ2n) is 20.2. The highest BCUT2D eigenvalue weighted by molar-refractivity contribution is 6.09. The number of benzene rings is 11. The van der Waals surface area contributed by atoms with Gasteiger partial charge < -0.3 is 4.57 Å². The molecule has 0 aliphatic rings. The lowest BCUT2D eigenvalue weighted by Gasteiger charge is -2.17. The molecule has 14 aromatic rings. The average molecular weight is 1010 g/mol. The van der Waals surface area contributed by atoms with Gasteiger partial charge in [0.05, 0.1) is 33.8 Å². The summed E-state index contributed by atoms with van der Waals surface area (Å²) in [6.45, 7) is 0. The third-order valence-electron chi connectivity index (χ3n) is 15.2. The van der Waals surface area contributed by atoms with Crippen LogP contribution in [0.5, 0.6) is 0 Å². The van der Waals surface area contributed by atoms with E-state index in [4.69, 9.17) is 9.97 Å². The van der Waals surface area contributed by atoms with Crippen molar-refractivity contribution in [3.05, 3.63) is 309 Å². The fourth-order valence-electron chi connectivity index (χ4n) is 11.1. The Hall–Kier alpha value is -10.5. The van der Waals surface area contributed by atoms with Crippen molar-refractivity contribution in [2.45, 2.75) is 0 Å². The SMILES string of the molecule is c1ccc(-c2ccc(-c3cc(-c4cc(-c5cc(-c6ccc(-c7ccccc7)cc6)nc(-c6ccc(-c7ccccc7)cc6)c5)cc(-n5c6ccccc6c6ccccc65)c4)cc(-c4ccc(-c5ccccc5)cc4)n3)cc2)cc1. The van der Waals surface area contributed by atoms with E-state index in [1.54, 1.807) is 0 Å². The van der Waals surface area contributed by atoms with Crippen molar-refractivity contribution in [1.82, 2.24) is 14.5 Å². The lowest BCUT2D eigenvalue weighted by molar-refractivity contribution is 1.18. The summed E-state index contributed by atoms with van der Waals surface area (Å²) >= 11 is 0. The lowest BCUT2D eigenvalue weighted by atomic mass is 9.93. The van der Waals surface area contributed by atoms with Crippen molar-refractivity contribution in [3.63, 3.8) is 0 Å². The monoisotopic (exact) mass is 1010 g/mol. The molecule has 0 atom stereocenters. The van der Waals surface area contributed by atoms with Crippen LogP contribution in [-0.4, -0.2) is 14.5 Å². The van der Waals surface area contributed by atoms with Gasteiger partial charge in [0.1, 0.15) is 0 Å². The first-order valence-electron chi connectivity index (χ1n) is 26.9. The van der Waals surface area contributed by atoms with Crippen LogP contribution in [0.25, 0.3) is 139 Å². The minimum absolute atomic E-state index is 0.898. The van der Waals surface area contributed by atoms with Crippen molar-refractivity contribution >= 4 is 21.8 Å². The summed E-state index contributed by atoms with van der Waals surface area (Å²) < 4.78 is 2.43. The minimum Gasteiger partial charge on any atom is -0.309 e. The molecule has 0 saturated heterocycles. The smallest absolute Gasteiger partial charge is 0.0715 e. The molecule has 3 heteroatoms. The summed E-state index contributed by atoms with van der Waals surface area (Å²) in [5, 5.41) is 2.42. The second-order valence-corrected chi connectivity index (χ2v) is 20.2. The minimum atomic E-state index is 0.898. The molecule has 14 rings (SSSR count). The van der Waals surface area contributed by atoms with Gasteiger partial charge in [-0.15, -0.1) is 0 Å². The first kappa shape index (κ1) is 47.0. The van der Waals surface area contributed by atoms with Crippen molar-refractivity contribution in [3.8, 4) is 117 Å². The van der Waals surface area contributed by atoms with Gasteiger partial charge in [-0.3, -0.25) is 0 Å². The van der Waals surface area contributed by atoms with E-state index < -0.39 is 0 Å². The molecular formula is C76H51N3. The van der Waals surface area contributed by atoms with Crippen LogP contribution in [0.3, 0.4) is 0 Å². The highest BCUT2D eigenvalue weighted by Crippen LogP contribution is 2.40. The van der Waals surface area contributed by atoms with Crippen molar-refractivity contribution < 1.29 is 0 Å². The Balaban J connectivity index is 0.980. The second kappa shape index (κ2) is 20.6. The quantitative estimate of drug-likeness (QED) is 0.129. The number of hydrogen-bond acceptors (Lipinski definition) is 2. The van der Waals surface area contributed by atoms with Gasteiger partial charge in [-0.25, -0.2) is 9.97 Å². The number of rotatable bonds is 11. The molecule has 0 spiro atoms. The maximum atomic E-state index is 5.47. The third-order valence-corrected chi connectivity index (χ3v) is 15.2. The Morgan fingerprint density at radius 1 is 0.177 bits per heavy atom. The van der Waals surface area contributed by atoms with E-state index in [0.717, 1.165) is 106 Å². The Morgan fingerprint density at radius 2 is 0.405 bits per heavy atom. The van der Waals surface area contributed by atoms with Crippen LogP contribution in [0.2, 0.25) is 0 Å².